The molecule has 4 nitrogen and oxygen atoms in total. The minimum atomic E-state index is 0.403. The number of hydrogen-bond donors (Lipinski definition) is 2. The number of halogens is 1. The molecule has 0 saturated carbocycles. The average molecular weight is 309 g/mol. The third kappa shape index (κ3) is 4.11. The number of hydrogen-bond acceptors (Lipinski definition) is 2. The van der Waals surface area contributed by atoms with E-state index in [1.807, 2.05) is 19.2 Å². The van der Waals surface area contributed by atoms with Crippen molar-refractivity contribution >= 4 is 17.6 Å². The molecule has 1 aliphatic rings. The third-order valence-electron chi connectivity index (χ3n) is 4.19. The van der Waals surface area contributed by atoms with Crippen LogP contribution in [0.3, 0.4) is 0 Å². The molecular weight excluding hydrogens is 284 g/mol. The van der Waals surface area contributed by atoms with Gasteiger partial charge in [0.1, 0.15) is 0 Å². The van der Waals surface area contributed by atoms with Gasteiger partial charge in [0.05, 0.1) is 0 Å². The van der Waals surface area contributed by atoms with Crippen LogP contribution in [0.4, 0.5) is 0 Å². The van der Waals surface area contributed by atoms with Gasteiger partial charge in [0.25, 0.3) is 0 Å². The SMILES string of the molecule is CN=C(NC)NC[C@@H]1CCCN(C)[C@@H]1c1cccc(Cl)c1. The van der Waals surface area contributed by atoms with Crippen LogP contribution in [-0.4, -0.2) is 45.1 Å². The van der Waals surface area contributed by atoms with E-state index >= 15 is 0 Å². The van der Waals surface area contributed by atoms with Crippen LogP contribution >= 0.6 is 11.6 Å². The van der Waals surface area contributed by atoms with Gasteiger partial charge < -0.3 is 10.6 Å². The second-order valence-electron chi connectivity index (χ2n) is 5.59. The summed E-state index contributed by atoms with van der Waals surface area (Å²) < 4.78 is 0. The maximum Gasteiger partial charge on any atom is 0.190 e. The van der Waals surface area contributed by atoms with Gasteiger partial charge in [-0.1, -0.05) is 23.7 Å². The van der Waals surface area contributed by atoms with E-state index in [-0.39, 0.29) is 0 Å². The molecule has 1 aromatic rings. The maximum atomic E-state index is 6.17. The molecule has 1 saturated heterocycles. The lowest BCUT2D eigenvalue weighted by Crippen LogP contribution is -2.44. The van der Waals surface area contributed by atoms with E-state index in [1.54, 1.807) is 7.05 Å². The second kappa shape index (κ2) is 7.66. The van der Waals surface area contributed by atoms with Crippen molar-refractivity contribution in [3.8, 4) is 0 Å². The van der Waals surface area contributed by atoms with Crippen molar-refractivity contribution in [2.45, 2.75) is 18.9 Å². The van der Waals surface area contributed by atoms with Crippen molar-refractivity contribution in [2.24, 2.45) is 10.9 Å². The molecule has 5 heteroatoms. The molecule has 0 unspecified atom stereocenters. The van der Waals surface area contributed by atoms with E-state index in [0.29, 0.717) is 12.0 Å². The first-order chi connectivity index (χ1) is 10.2. The maximum absolute atomic E-state index is 6.17. The Balaban J connectivity index is 2.13. The molecule has 0 spiro atoms. The molecule has 1 aromatic carbocycles. The van der Waals surface area contributed by atoms with E-state index in [2.05, 4.69) is 39.7 Å². The lowest BCUT2D eigenvalue weighted by atomic mass is 9.85. The van der Waals surface area contributed by atoms with E-state index in [4.69, 9.17) is 11.6 Å². The average Bonchev–Trinajstić information content (AvgIpc) is 2.48. The number of aliphatic imine (C=N–C) groups is 1. The summed E-state index contributed by atoms with van der Waals surface area (Å²) in [5.41, 5.74) is 1.30. The van der Waals surface area contributed by atoms with Gasteiger partial charge in [0.15, 0.2) is 5.96 Å². The highest BCUT2D eigenvalue weighted by molar-refractivity contribution is 6.30. The number of nitrogens with one attached hydrogen (secondary N) is 2. The number of benzene rings is 1. The molecule has 2 N–H and O–H groups in total. The summed E-state index contributed by atoms with van der Waals surface area (Å²) >= 11 is 6.17. The van der Waals surface area contributed by atoms with Gasteiger partial charge in [-0.3, -0.25) is 9.89 Å². The number of nitrogens with zero attached hydrogens (tertiary/aromatic N) is 2. The first-order valence-corrected chi connectivity index (χ1v) is 7.87. The monoisotopic (exact) mass is 308 g/mol. The predicted molar refractivity (Wildman–Crippen MR) is 90.0 cm³/mol. The Bertz CT molecular complexity index is 489. The number of likely N-dealkylation sites (tertiary alicyclic amines) is 1. The van der Waals surface area contributed by atoms with Crippen LogP contribution < -0.4 is 10.6 Å². The van der Waals surface area contributed by atoms with Crippen molar-refractivity contribution in [3.63, 3.8) is 0 Å². The summed E-state index contributed by atoms with van der Waals surface area (Å²) in [6.45, 7) is 2.05. The second-order valence-corrected chi connectivity index (χ2v) is 6.02. The molecule has 21 heavy (non-hydrogen) atoms. The molecule has 0 amide bonds. The standard InChI is InChI=1S/C16H25ClN4/c1-18-16(19-2)20-11-13-7-5-9-21(3)15(13)12-6-4-8-14(17)10-12/h4,6,8,10,13,15H,5,7,9,11H2,1-3H3,(H2,18,19,20)/t13-,15+/m0/s1. The lowest BCUT2D eigenvalue weighted by molar-refractivity contribution is 0.122. The summed E-state index contributed by atoms with van der Waals surface area (Å²) in [6.07, 6.45) is 2.45. The smallest absolute Gasteiger partial charge is 0.190 e. The highest BCUT2D eigenvalue weighted by Gasteiger charge is 2.30. The van der Waals surface area contributed by atoms with Crippen molar-refractivity contribution in [1.82, 2.24) is 15.5 Å². The summed E-state index contributed by atoms with van der Waals surface area (Å²) in [4.78, 5) is 6.62. The van der Waals surface area contributed by atoms with Gasteiger partial charge in [-0.15, -0.1) is 0 Å². The highest BCUT2D eigenvalue weighted by Crippen LogP contribution is 2.35. The molecule has 1 heterocycles. The normalized spacial score (nSPS) is 23.9. The van der Waals surface area contributed by atoms with Crippen LogP contribution in [0.25, 0.3) is 0 Å². The quantitative estimate of drug-likeness (QED) is 0.666. The summed E-state index contributed by atoms with van der Waals surface area (Å²) in [5.74, 6) is 1.39. The van der Waals surface area contributed by atoms with Gasteiger partial charge in [0, 0.05) is 31.7 Å². The van der Waals surface area contributed by atoms with E-state index < -0.39 is 0 Å². The van der Waals surface area contributed by atoms with Crippen LogP contribution in [0.1, 0.15) is 24.4 Å². The van der Waals surface area contributed by atoms with Crippen molar-refractivity contribution in [2.75, 3.05) is 34.2 Å². The van der Waals surface area contributed by atoms with Crippen LogP contribution in [0.2, 0.25) is 5.02 Å². The Kier molecular flexibility index (Phi) is 5.88. The zero-order chi connectivity index (χ0) is 15.2. The van der Waals surface area contributed by atoms with Crippen LogP contribution in [0, 0.1) is 5.92 Å². The van der Waals surface area contributed by atoms with Crippen molar-refractivity contribution in [1.29, 1.82) is 0 Å². The minimum absolute atomic E-state index is 0.403. The molecule has 2 rings (SSSR count). The Morgan fingerprint density at radius 2 is 2.29 bits per heavy atom. The lowest BCUT2D eigenvalue weighted by Gasteiger charge is -2.40. The van der Waals surface area contributed by atoms with E-state index in [9.17, 15) is 0 Å². The first-order valence-electron chi connectivity index (χ1n) is 7.49. The highest BCUT2D eigenvalue weighted by atomic mass is 35.5. The molecule has 0 radical (unpaired) electrons. The fraction of sp³-hybridized carbons (Fsp3) is 0.562. The minimum Gasteiger partial charge on any atom is -0.359 e. The van der Waals surface area contributed by atoms with Gasteiger partial charge in [0.2, 0.25) is 0 Å². The van der Waals surface area contributed by atoms with Gasteiger partial charge in [-0.25, -0.2) is 0 Å². The molecular formula is C16H25ClN4. The summed E-state index contributed by atoms with van der Waals surface area (Å²) in [7, 11) is 5.88. The molecule has 0 aliphatic carbocycles. The van der Waals surface area contributed by atoms with Gasteiger partial charge in [-0.05, 0) is 50.0 Å². The molecule has 1 fully saturated rings. The van der Waals surface area contributed by atoms with Crippen molar-refractivity contribution in [3.05, 3.63) is 34.9 Å². The van der Waals surface area contributed by atoms with Gasteiger partial charge in [-0.2, -0.15) is 0 Å². The van der Waals surface area contributed by atoms with E-state index in [1.165, 1.54) is 18.4 Å². The molecule has 0 aromatic heterocycles. The van der Waals surface area contributed by atoms with Crippen molar-refractivity contribution < 1.29 is 0 Å². The largest absolute Gasteiger partial charge is 0.359 e. The Hall–Kier alpha value is -1.26. The number of piperidine rings is 1. The van der Waals surface area contributed by atoms with E-state index in [0.717, 1.165) is 24.1 Å². The summed E-state index contributed by atoms with van der Waals surface area (Å²) in [5, 5.41) is 7.28. The first kappa shape index (κ1) is 16.1. The van der Waals surface area contributed by atoms with Crippen LogP contribution in [0.5, 0.6) is 0 Å². The number of guanidine groups is 1. The molecule has 116 valence electrons. The predicted octanol–water partition coefficient (Wildman–Crippen LogP) is 2.52. The Labute approximate surface area is 132 Å². The summed E-state index contributed by atoms with van der Waals surface area (Å²) in [6, 6.07) is 8.65. The number of rotatable bonds is 3. The zero-order valence-electron chi connectivity index (χ0n) is 13.1. The Morgan fingerprint density at radius 1 is 1.48 bits per heavy atom. The van der Waals surface area contributed by atoms with Gasteiger partial charge >= 0.3 is 0 Å². The fourth-order valence-corrected chi connectivity index (χ4v) is 3.40. The third-order valence-corrected chi connectivity index (χ3v) is 4.42. The Morgan fingerprint density at radius 3 is 2.95 bits per heavy atom. The fourth-order valence-electron chi connectivity index (χ4n) is 3.20. The van der Waals surface area contributed by atoms with Crippen LogP contribution in [0.15, 0.2) is 29.3 Å². The molecule has 2 atom stereocenters. The molecule has 0 bridgehead atoms. The molecule has 1 aliphatic heterocycles. The zero-order valence-corrected chi connectivity index (χ0v) is 13.8. The topological polar surface area (TPSA) is 39.7 Å². The van der Waals surface area contributed by atoms with Crippen LogP contribution in [-0.2, 0) is 0 Å².